The van der Waals surface area contributed by atoms with Crippen molar-refractivity contribution in [3.05, 3.63) is 0 Å². The summed E-state index contributed by atoms with van der Waals surface area (Å²) >= 11 is 0. The normalized spacial score (nSPS) is 24.0. The fourth-order valence-electron chi connectivity index (χ4n) is 2.06. The van der Waals surface area contributed by atoms with Gasteiger partial charge in [0.25, 0.3) is 0 Å². The average molecular weight is 254 g/mol. The highest BCUT2D eigenvalue weighted by molar-refractivity contribution is 4.74. The Kier molecular flexibility index (Phi) is 5.69. The van der Waals surface area contributed by atoms with Gasteiger partial charge < -0.3 is 15.4 Å². The predicted octanol–water partition coefficient (Wildman–Crippen LogP) is 1.62. The van der Waals surface area contributed by atoms with Crippen LogP contribution < -0.4 is 5.73 Å². The van der Waals surface area contributed by atoms with Crippen LogP contribution in [0.4, 0.5) is 13.2 Å². The molecule has 102 valence electrons. The summed E-state index contributed by atoms with van der Waals surface area (Å²) in [6.07, 6.45) is -1.06. The Morgan fingerprint density at radius 2 is 2.12 bits per heavy atom. The first-order chi connectivity index (χ1) is 7.93. The van der Waals surface area contributed by atoms with Crippen LogP contribution in [0.5, 0.6) is 0 Å². The van der Waals surface area contributed by atoms with Gasteiger partial charge in [0.05, 0.1) is 12.0 Å². The molecule has 2 N–H and O–H groups in total. The standard InChI is InChI=1S/C11H21F3N2O/c1-16(7-9(6-15)11(12,13)14)8-10-4-2-3-5-17-10/h9-10H,2-8,15H2,1H3. The smallest absolute Gasteiger partial charge is 0.377 e. The van der Waals surface area contributed by atoms with Crippen LogP contribution in [0.2, 0.25) is 0 Å². The van der Waals surface area contributed by atoms with Crippen molar-refractivity contribution in [2.45, 2.75) is 31.5 Å². The molecule has 0 radical (unpaired) electrons. The van der Waals surface area contributed by atoms with Crippen molar-refractivity contribution in [2.24, 2.45) is 11.7 Å². The molecule has 0 aromatic heterocycles. The zero-order valence-electron chi connectivity index (χ0n) is 10.2. The van der Waals surface area contributed by atoms with E-state index >= 15 is 0 Å². The minimum atomic E-state index is -4.21. The summed E-state index contributed by atoms with van der Waals surface area (Å²) in [5.74, 6) is -1.45. The fraction of sp³-hybridized carbons (Fsp3) is 1.00. The number of alkyl halides is 3. The average Bonchev–Trinajstić information content (AvgIpc) is 2.25. The minimum Gasteiger partial charge on any atom is -0.377 e. The Morgan fingerprint density at radius 3 is 2.59 bits per heavy atom. The maximum Gasteiger partial charge on any atom is 0.394 e. The SMILES string of the molecule is CN(CC1CCCCO1)CC(CN)C(F)(F)F. The Balaban J connectivity index is 2.34. The number of halogens is 3. The van der Waals surface area contributed by atoms with Gasteiger partial charge in [-0.2, -0.15) is 13.2 Å². The summed E-state index contributed by atoms with van der Waals surface area (Å²) in [5, 5.41) is 0. The number of hydrogen-bond acceptors (Lipinski definition) is 3. The van der Waals surface area contributed by atoms with E-state index in [0.717, 1.165) is 25.9 Å². The van der Waals surface area contributed by atoms with E-state index in [-0.39, 0.29) is 19.2 Å². The molecular formula is C11H21F3N2O. The largest absolute Gasteiger partial charge is 0.394 e. The van der Waals surface area contributed by atoms with Crippen LogP contribution in [0, 0.1) is 5.92 Å². The molecule has 0 spiro atoms. The first-order valence-electron chi connectivity index (χ1n) is 6.00. The van der Waals surface area contributed by atoms with Gasteiger partial charge in [-0.05, 0) is 26.3 Å². The Hall–Kier alpha value is -0.330. The van der Waals surface area contributed by atoms with Gasteiger partial charge in [-0.15, -0.1) is 0 Å². The molecule has 0 aliphatic carbocycles. The molecule has 0 saturated carbocycles. The van der Waals surface area contributed by atoms with Crippen molar-refractivity contribution in [1.29, 1.82) is 0 Å². The van der Waals surface area contributed by atoms with Crippen LogP contribution in [-0.2, 0) is 4.74 Å². The lowest BCUT2D eigenvalue weighted by Gasteiger charge is -2.30. The van der Waals surface area contributed by atoms with E-state index in [0.29, 0.717) is 6.54 Å². The second-order valence-corrected chi connectivity index (χ2v) is 4.68. The number of nitrogens with two attached hydrogens (primary N) is 1. The molecule has 1 aliphatic rings. The molecule has 6 heteroatoms. The molecule has 3 nitrogen and oxygen atoms in total. The molecule has 0 aromatic carbocycles. The fourth-order valence-corrected chi connectivity index (χ4v) is 2.06. The molecule has 1 rings (SSSR count). The number of rotatable bonds is 5. The van der Waals surface area contributed by atoms with Crippen molar-refractivity contribution in [3.63, 3.8) is 0 Å². The first-order valence-corrected chi connectivity index (χ1v) is 6.00. The molecule has 0 amide bonds. The summed E-state index contributed by atoms with van der Waals surface area (Å²) < 4.78 is 43.1. The molecule has 1 fully saturated rings. The molecule has 2 unspecified atom stereocenters. The molecule has 2 atom stereocenters. The third-order valence-electron chi connectivity index (χ3n) is 3.07. The maximum atomic E-state index is 12.5. The van der Waals surface area contributed by atoms with Crippen molar-refractivity contribution in [2.75, 3.05) is 33.3 Å². The van der Waals surface area contributed by atoms with E-state index in [2.05, 4.69) is 0 Å². The maximum absolute atomic E-state index is 12.5. The quantitative estimate of drug-likeness (QED) is 0.810. The van der Waals surface area contributed by atoms with Gasteiger partial charge in [0.15, 0.2) is 0 Å². The number of ether oxygens (including phenoxy) is 1. The highest BCUT2D eigenvalue weighted by atomic mass is 19.4. The van der Waals surface area contributed by atoms with Gasteiger partial charge in [0, 0.05) is 26.2 Å². The third kappa shape index (κ3) is 5.23. The van der Waals surface area contributed by atoms with E-state index < -0.39 is 12.1 Å². The van der Waals surface area contributed by atoms with Crippen LogP contribution in [-0.4, -0.2) is 50.5 Å². The summed E-state index contributed by atoms with van der Waals surface area (Å²) in [4.78, 5) is 1.67. The second kappa shape index (κ2) is 6.56. The zero-order chi connectivity index (χ0) is 12.9. The lowest BCUT2D eigenvalue weighted by Crippen LogP contribution is -2.42. The number of likely N-dealkylation sites (N-methyl/N-ethyl adjacent to an activating group) is 1. The Labute approximate surface area is 100 Å². The van der Waals surface area contributed by atoms with Gasteiger partial charge in [-0.3, -0.25) is 0 Å². The minimum absolute atomic E-state index is 0.0557. The predicted molar refractivity (Wildman–Crippen MR) is 59.7 cm³/mol. The summed E-state index contributed by atoms with van der Waals surface area (Å²) in [6, 6.07) is 0. The molecule has 1 saturated heterocycles. The molecule has 1 aliphatic heterocycles. The number of hydrogen-bond donors (Lipinski definition) is 1. The van der Waals surface area contributed by atoms with Crippen molar-refractivity contribution < 1.29 is 17.9 Å². The second-order valence-electron chi connectivity index (χ2n) is 4.68. The highest BCUT2D eigenvalue weighted by Gasteiger charge is 2.39. The summed E-state index contributed by atoms with van der Waals surface area (Å²) in [6.45, 7) is 0.851. The van der Waals surface area contributed by atoms with Crippen LogP contribution in [0.25, 0.3) is 0 Å². The lowest BCUT2D eigenvalue weighted by atomic mass is 10.1. The van der Waals surface area contributed by atoms with Crippen molar-refractivity contribution in [3.8, 4) is 0 Å². The van der Waals surface area contributed by atoms with E-state index in [4.69, 9.17) is 10.5 Å². The van der Waals surface area contributed by atoms with E-state index in [1.807, 2.05) is 0 Å². The van der Waals surface area contributed by atoms with Crippen LogP contribution in [0.15, 0.2) is 0 Å². The van der Waals surface area contributed by atoms with Crippen LogP contribution in [0.3, 0.4) is 0 Å². The van der Waals surface area contributed by atoms with Gasteiger partial charge >= 0.3 is 6.18 Å². The molecular weight excluding hydrogens is 233 g/mol. The van der Waals surface area contributed by atoms with Gasteiger partial charge in [0.2, 0.25) is 0 Å². The summed E-state index contributed by atoms with van der Waals surface area (Å²) in [7, 11) is 1.69. The van der Waals surface area contributed by atoms with Gasteiger partial charge in [0.1, 0.15) is 0 Å². The van der Waals surface area contributed by atoms with E-state index in [1.54, 1.807) is 11.9 Å². The Bertz CT molecular complexity index is 217. The topological polar surface area (TPSA) is 38.5 Å². The van der Waals surface area contributed by atoms with Crippen LogP contribution >= 0.6 is 0 Å². The van der Waals surface area contributed by atoms with Gasteiger partial charge in [-0.25, -0.2) is 0 Å². The van der Waals surface area contributed by atoms with Crippen molar-refractivity contribution >= 4 is 0 Å². The first kappa shape index (κ1) is 14.7. The molecule has 1 heterocycles. The molecule has 17 heavy (non-hydrogen) atoms. The van der Waals surface area contributed by atoms with E-state index in [9.17, 15) is 13.2 Å². The lowest BCUT2D eigenvalue weighted by molar-refractivity contribution is -0.176. The summed E-state index contributed by atoms with van der Waals surface area (Å²) in [5.41, 5.74) is 5.16. The molecule has 0 aromatic rings. The van der Waals surface area contributed by atoms with Crippen molar-refractivity contribution in [1.82, 2.24) is 4.90 Å². The third-order valence-corrected chi connectivity index (χ3v) is 3.07. The highest BCUT2D eigenvalue weighted by Crippen LogP contribution is 2.26. The van der Waals surface area contributed by atoms with E-state index in [1.165, 1.54) is 0 Å². The molecule has 0 bridgehead atoms. The van der Waals surface area contributed by atoms with Crippen LogP contribution in [0.1, 0.15) is 19.3 Å². The monoisotopic (exact) mass is 254 g/mol. The number of nitrogens with zero attached hydrogens (tertiary/aromatic N) is 1. The van der Waals surface area contributed by atoms with Gasteiger partial charge in [-0.1, -0.05) is 0 Å². The Morgan fingerprint density at radius 1 is 1.41 bits per heavy atom. The zero-order valence-corrected chi connectivity index (χ0v) is 10.2.